The summed E-state index contributed by atoms with van der Waals surface area (Å²) in [5.41, 5.74) is -0.108. The molecule has 1 aromatic heterocycles. The van der Waals surface area contributed by atoms with E-state index in [1.807, 2.05) is 0 Å². The van der Waals surface area contributed by atoms with Crippen molar-refractivity contribution < 1.29 is 18.3 Å². The zero-order chi connectivity index (χ0) is 14.9. The monoisotopic (exact) mass is 358 g/mol. The van der Waals surface area contributed by atoms with Crippen LogP contribution in [-0.4, -0.2) is 24.1 Å². The van der Waals surface area contributed by atoms with Gasteiger partial charge in [-0.3, -0.25) is 4.72 Å². The van der Waals surface area contributed by atoms with E-state index in [0.717, 1.165) is 0 Å². The molecule has 6 nitrogen and oxygen atoms in total. The molecule has 0 amide bonds. The van der Waals surface area contributed by atoms with Crippen molar-refractivity contribution in [3.63, 3.8) is 0 Å². The minimum Gasteiger partial charge on any atom is -0.478 e. The Hall–Kier alpha value is -1.80. The number of halogens is 1. The number of benzene rings is 1. The first kappa shape index (κ1) is 14.6. The number of sulfonamides is 1. The van der Waals surface area contributed by atoms with E-state index in [9.17, 15) is 13.2 Å². The van der Waals surface area contributed by atoms with E-state index in [0.29, 0.717) is 4.47 Å². The molecule has 0 aliphatic rings. The lowest BCUT2D eigenvalue weighted by molar-refractivity contribution is 0.0698. The Kier molecular flexibility index (Phi) is 3.87. The average molecular weight is 359 g/mol. The Morgan fingerprint density at radius 1 is 1.35 bits per heavy atom. The first-order valence-corrected chi connectivity index (χ1v) is 7.75. The van der Waals surface area contributed by atoms with Crippen LogP contribution < -0.4 is 4.72 Å². The normalized spacial score (nSPS) is 11.3. The van der Waals surface area contributed by atoms with E-state index in [1.54, 1.807) is 23.9 Å². The van der Waals surface area contributed by atoms with Crippen LogP contribution in [-0.2, 0) is 17.1 Å². The molecule has 0 radical (unpaired) electrons. The van der Waals surface area contributed by atoms with Gasteiger partial charge < -0.3 is 9.67 Å². The molecule has 2 N–H and O–H groups in total. The number of aromatic carboxylic acids is 1. The molecule has 2 aromatic rings. The minimum absolute atomic E-state index is 0.0181. The molecule has 1 aromatic carbocycles. The van der Waals surface area contributed by atoms with E-state index >= 15 is 0 Å². The second-order valence-corrected chi connectivity index (χ2v) is 6.71. The van der Waals surface area contributed by atoms with Gasteiger partial charge in [-0.1, -0.05) is 15.9 Å². The van der Waals surface area contributed by atoms with Gasteiger partial charge in [-0.05, 0) is 24.3 Å². The maximum absolute atomic E-state index is 12.1. The number of aromatic nitrogens is 1. The van der Waals surface area contributed by atoms with E-state index in [-0.39, 0.29) is 16.1 Å². The number of hydrogen-bond acceptors (Lipinski definition) is 3. The van der Waals surface area contributed by atoms with Crippen molar-refractivity contribution in [3.05, 3.63) is 46.7 Å². The third-order valence-corrected chi connectivity index (χ3v) is 4.42. The largest absolute Gasteiger partial charge is 0.478 e. The summed E-state index contributed by atoms with van der Waals surface area (Å²) in [5, 5.41) is 9.10. The first-order chi connectivity index (χ1) is 9.29. The van der Waals surface area contributed by atoms with Crippen molar-refractivity contribution in [1.82, 2.24) is 4.57 Å². The van der Waals surface area contributed by atoms with Crippen LogP contribution in [0.25, 0.3) is 0 Å². The lowest BCUT2D eigenvalue weighted by atomic mass is 10.2. The Bertz CT molecular complexity index is 768. The molecule has 106 valence electrons. The molecule has 0 atom stereocenters. The average Bonchev–Trinajstić information content (AvgIpc) is 2.78. The number of nitrogens with zero attached hydrogens (tertiary/aromatic N) is 1. The quantitative estimate of drug-likeness (QED) is 0.877. The molecule has 0 saturated carbocycles. The summed E-state index contributed by atoms with van der Waals surface area (Å²) < 4.78 is 28.7. The number of hydrogen-bond donors (Lipinski definition) is 2. The molecule has 0 aliphatic heterocycles. The van der Waals surface area contributed by atoms with Crippen LogP contribution >= 0.6 is 15.9 Å². The number of aryl methyl sites for hydroxylation is 1. The second kappa shape index (κ2) is 5.29. The van der Waals surface area contributed by atoms with Gasteiger partial charge in [0.15, 0.2) is 0 Å². The van der Waals surface area contributed by atoms with E-state index in [4.69, 9.17) is 5.11 Å². The standard InChI is InChI=1S/C12H11BrN2O4S/c1-15-5-4-9(7-15)20(18,19)14-11-3-2-8(13)6-10(11)12(16)17/h2-7,14H,1H3,(H,16,17). The highest BCUT2D eigenvalue weighted by Crippen LogP contribution is 2.24. The fraction of sp³-hybridized carbons (Fsp3) is 0.0833. The van der Waals surface area contributed by atoms with Crippen LogP contribution in [0.1, 0.15) is 10.4 Å². The second-order valence-electron chi connectivity index (χ2n) is 4.11. The number of carbonyl (C=O) groups is 1. The SMILES string of the molecule is Cn1ccc(S(=O)(=O)Nc2ccc(Br)cc2C(=O)O)c1. The van der Waals surface area contributed by atoms with Crippen molar-refractivity contribution >= 4 is 37.6 Å². The number of rotatable bonds is 4. The lowest BCUT2D eigenvalue weighted by Gasteiger charge is -2.09. The number of carboxylic acid groups (broad SMARTS) is 1. The van der Waals surface area contributed by atoms with Gasteiger partial charge in [0.2, 0.25) is 0 Å². The zero-order valence-electron chi connectivity index (χ0n) is 10.4. The summed E-state index contributed by atoms with van der Waals surface area (Å²) >= 11 is 3.15. The van der Waals surface area contributed by atoms with Gasteiger partial charge in [-0.2, -0.15) is 0 Å². The fourth-order valence-electron chi connectivity index (χ4n) is 1.62. The van der Waals surface area contributed by atoms with E-state index in [1.165, 1.54) is 24.4 Å². The highest BCUT2D eigenvalue weighted by atomic mass is 79.9. The summed E-state index contributed by atoms with van der Waals surface area (Å²) in [5.74, 6) is -1.21. The van der Waals surface area contributed by atoms with Crippen LogP contribution in [0.5, 0.6) is 0 Å². The van der Waals surface area contributed by atoms with Crippen LogP contribution in [0.2, 0.25) is 0 Å². The van der Waals surface area contributed by atoms with Crippen molar-refractivity contribution in [1.29, 1.82) is 0 Å². The van der Waals surface area contributed by atoms with Crippen LogP contribution in [0.4, 0.5) is 5.69 Å². The Labute approximate surface area is 124 Å². The topological polar surface area (TPSA) is 88.4 Å². The highest BCUT2D eigenvalue weighted by molar-refractivity contribution is 9.10. The Morgan fingerprint density at radius 2 is 2.05 bits per heavy atom. The molecule has 2 rings (SSSR count). The van der Waals surface area contributed by atoms with Gasteiger partial charge in [-0.25, -0.2) is 13.2 Å². The van der Waals surface area contributed by atoms with Crippen LogP contribution in [0, 0.1) is 0 Å². The van der Waals surface area contributed by atoms with Gasteiger partial charge >= 0.3 is 5.97 Å². The smallest absolute Gasteiger partial charge is 0.337 e. The number of nitrogens with one attached hydrogen (secondary N) is 1. The van der Waals surface area contributed by atoms with Gasteiger partial charge in [0, 0.05) is 23.9 Å². The van der Waals surface area contributed by atoms with Crippen LogP contribution in [0.3, 0.4) is 0 Å². The molecular formula is C12H11BrN2O4S. The van der Waals surface area contributed by atoms with Gasteiger partial charge in [-0.15, -0.1) is 0 Å². The Balaban J connectivity index is 2.42. The molecule has 20 heavy (non-hydrogen) atoms. The highest BCUT2D eigenvalue weighted by Gasteiger charge is 2.19. The van der Waals surface area contributed by atoms with Gasteiger partial charge in [0.05, 0.1) is 11.3 Å². The van der Waals surface area contributed by atoms with Gasteiger partial charge in [0.1, 0.15) is 4.90 Å². The fourth-order valence-corrected chi connectivity index (χ4v) is 3.11. The van der Waals surface area contributed by atoms with Crippen molar-refractivity contribution in [3.8, 4) is 0 Å². The lowest BCUT2D eigenvalue weighted by Crippen LogP contribution is -2.15. The summed E-state index contributed by atoms with van der Waals surface area (Å²) in [6.07, 6.45) is 3.02. The minimum atomic E-state index is -3.81. The summed E-state index contributed by atoms with van der Waals surface area (Å²) in [6, 6.07) is 5.73. The van der Waals surface area contributed by atoms with Crippen molar-refractivity contribution in [2.75, 3.05) is 4.72 Å². The van der Waals surface area contributed by atoms with Crippen molar-refractivity contribution in [2.45, 2.75) is 4.90 Å². The maximum atomic E-state index is 12.1. The summed E-state index contributed by atoms with van der Waals surface area (Å²) in [7, 11) is -2.12. The predicted octanol–water partition coefficient (Wildman–Crippen LogP) is 2.29. The summed E-state index contributed by atoms with van der Waals surface area (Å²) in [4.78, 5) is 11.2. The zero-order valence-corrected chi connectivity index (χ0v) is 12.8. The number of anilines is 1. The third kappa shape index (κ3) is 3.02. The molecule has 1 heterocycles. The molecule has 0 spiro atoms. The molecule has 0 saturated heterocycles. The molecule has 0 aliphatic carbocycles. The molecular weight excluding hydrogens is 348 g/mol. The van der Waals surface area contributed by atoms with E-state index in [2.05, 4.69) is 20.7 Å². The molecule has 0 fully saturated rings. The number of carboxylic acids is 1. The summed E-state index contributed by atoms with van der Waals surface area (Å²) in [6.45, 7) is 0. The van der Waals surface area contributed by atoms with Crippen molar-refractivity contribution in [2.24, 2.45) is 7.05 Å². The Morgan fingerprint density at radius 3 is 2.60 bits per heavy atom. The maximum Gasteiger partial charge on any atom is 0.337 e. The third-order valence-electron chi connectivity index (χ3n) is 2.57. The first-order valence-electron chi connectivity index (χ1n) is 5.47. The van der Waals surface area contributed by atoms with Crippen LogP contribution in [0.15, 0.2) is 46.0 Å². The molecule has 8 heteroatoms. The van der Waals surface area contributed by atoms with Gasteiger partial charge in [0.25, 0.3) is 10.0 Å². The molecule has 0 bridgehead atoms. The van der Waals surface area contributed by atoms with E-state index < -0.39 is 16.0 Å². The predicted molar refractivity (Wildman–Crippen MR) is 77.3 cm³/mol. The molecule has 0 unspecified atom stereocenters.